The molecule has 0 spiro atoms. The number of anilines is 1. The number of halogens is 5. The van der Waals surface area contributed by atoms with Gasteiger partial charge in [-0.05, 0) is 49.2 Å². The van der Waals surface area contributed by atoms with Gasteiger partial charge in [0.05, 0.1) is 17.6 Å². The fraction of sp³-hybridized carbons (Fsp3) is 0.259. The molecule has 0 aliphatic rings. The van der Waals surface area contributed by atoms with E-state index in [1.54, 1.807) is 22.8 Å². The van der Waals surface area contributed by atoms with Crippen LogP contribution in [0.2, 0.25) is 0 Å². The molecular weight excluding hydrogens is 493 g/mol. The number of hydrogen-bond donors (Lipinski definition) is 1. The smallest absolute Gasteiger partial charge is 0.390 e. The van der Waals surface area contributed by atoms with Crippen LogP contribution in [0.15, 0.2) is 54.9 Å². The zero-order valence-corrected chi connectivity index (χ0v) is 20.1. The molecule has 0 aliphatic heterocycles. The quantitative estimate of drug-likeness (QED) is 0.182. The van der Waals surface area contributed by atoms with Gasteiger partial charge in [-0.15, -0.1) is 0 Å². The summed E-state index contributed by atoms with van der Waals surface area (Å²) >= 11 is 0. The summed E-state index contributed by atoms with van der Waals surface area (Å²) in [5.41, 5.74) is 3.07. The van der Waals surface area contributed by atoms with E-state index in [1.165, 1.54) is 30.6 Å². The van der Waals surface area contributed by atoms with Crippen molar-refractivity contribution < 1.29 is 31.5 Å². The highest BCUT2D eigenvalue weighted by Gasteiger charge is 2.26. The molecule has 10 heteroatoms. The fourth-order valence-electron chi connectivity index (χ4n) is 3.99. The van der Waals surface area contributed by atoms with E-state index in [2.05, 4.69) is 10.3 Å². The molecule has 0 radical (unpaired) electrons. The molecule has 0 aliphatic carbocycles. The number of benzene rings is 3. The Morgan fingerprint density at radius 1 is 1.11 bits per heavy atom. The number of aryl methyl sites for hydroxylation is 1. The van der Waals surface area contributed by atoms with Crippen molar-refractivity contribution in [2.75, 3.05) is 11.9 Å². The van der Waals surface area contributed by atoms with Gasteiger partial charge >= 0.3 is 6.18 Å². The fourth-order valence-corrected chi connectivity index (χ4v) is 3.99. The molecule has 0 amide bonds. The number of carbonyl (C=O) groups excluding carboxylic acids is 1. The molecule has 194 valence electrons. The molecule has 3 aromatic carbocycles. The lowest BCUT2D eigenvalue weighted by Crippen LogP contribution is -2.14. The number of ether oxygens (including phenoxy) is 1. The Morgan fingerprint density at radius 2 is 1.89 bits per heavy atom. The summed E-state index contributed by atoms with van der Waals surface area (Å²) in [6.07, 6.45) is -2.79. The van der Waals surface area contributed by atoms with E-state index >= 15 is 0 Å². The molecule has 37 heavy (non-hydrogen) atoms. The third kappa shape index (κ3) is 5.90. The summed E-state index contributed by atoms with van der Waals surface area (Å²) < 4.78 is 73.4. The van der Waals surface area contributed by atoms with Crippen LogP contribution in [0.25, 0.3) is 16.7 Å². The normalized spacial score (nSPS) is 11.6. The number of alkyl halides is 3. The standard InChI is InChI=1S/C27H24F5N3O2/c1-3-5-23(36)19-9-8-17(12-16(19)2)35-15-34-26-21(33-11-10-27(30,31)32)13-18(14-22(26)35)37-24-7-4-6-20(28)25(24)29/h4,6-9,12-15,33H,3,5,10-11H2,1-2H3. The maximum Gasteiger partial charge on any atom is 0.390 e. The van der Waals surface area contributed by atoms with Gasteiger partial charge in [-0.2, -0.15) is 17.6 Å². The molecule has 1 heterocycles. The summed E-state index contributed by atoms with van der Waals surface area (Å²) in [6.45, 7) is 3.32. The topological polar surface area (TPSA) is 56.2 Å². The second-order valence-electron chi connectivity index (χ2n) is 8.57. The second-order valence-corrected chi connectivity index (χ2v) is 8.57. The SMILES string of the molecule is CCCC(=O)c1ccc(-n2cnc3c(NCCC(F)(F)F)cc(Oc4cccc(F)c4F)cc32)cc1C. The number of Topliss-reactive ketones (excluding diaryl/α,β-unsaturated/α-hetero) is 1. The van der Waals surface area contributed by atoms with Crippen LogP contribution in [-0.4, -0.2) is 28.1 Å². The number of nitrogens with zero attached hydrogens (tertiary/aromatic N) is 2. The molecule has 4 aromatic rings. The first kappa shape index (κ1) is 26.1. The van der Waals surface area contributed by atoms with E-state index in [9.17, 15) is 26.7 Å². The van der Waals surface area contributed by atoms with Gasteiger partial charge in [-0.25, -0.2) is 9.37 Å². The average Bonchev–Trinajstić information content (AvgIpc) is 3.25. The average molecular weight is 517 g/mol. The van der Waals surface area contributed by atoms with Gasteiger partial charge < -0.3 is 10.1 Å². The molecule has 0 saturated carbocycles. The monoisotopic (exact) mass is 517 g/mol. The van der Waals surface area contributed by atoms with Crippen LogP contribution in [0.1, 0.15) is 42.1 Å². The van der Waals surface area contributed by atoms with Crippen LogP contribution in [0, 0.1) is 18.6 Å². The highest BCUT2D eigenvalue weighted by atomic mass is 19.4. The van der Waals surface area contributed by atoms with Crippen molar-refractivity contribution in [3.8, 4) is 17.2 Å². The van der Waals surface area contributed by atoms with Crippen molar-refractivity contribution >= 4 is 22.5 Å². The molecule has 0 saturated heterocycles. The molecule has 0 atom stereocenters. The highest BCUT2D eigenvalue weighted by molar-refractivity contribution is 5.97. The summed E-state index contributed by atoms with van der Waals surface area (Å²) in [6, 6.07) is 11.7. The van der Waals surface area contributed by atoms with Crippen molar-refractivity contribution in [2.24, 2.45) is 0 Å². The lowest BCUT2D eigenvalue weighted by molar-refractivity contribution is -0.131. The predicted molar refractivity (Wildman–Crippen MR) is 131 cm³/mol. The number of imidazole rings is 1. The van der Waals surface area contributed by atoms with Crippen LogP contribution < -0.4 is 10.1 Å². The van der Waals surface area contributed by atoms with Crippen molar-refractivity contribution in [1.29, 1.82) is 0 Å². The highest BCUT2D eigenvalue weighted by Crippen LogP contribution is 2.34. The van der Waals surface area contributed by atoms with E-state index in [0.29, 0.717) is 28.7 Å². The maximum absolute atomic E-state index is 14.2. The van der Waals surface area contributed by atoms with Gasteiger partial charge in [-0.3, -0.25) is 9.36 Å². The number of carbonyl (C=O) groups is 1. The Labute approximate surface area is 209 Å². The van der Waals surface area contributed by atoms with Crippen LogP contribution in [0.3, 0.4) is 0 Å². The Hall–Kier alpha value is -3.95. The summed E-state index contributed by atoms with van der Waals surface area (Å²) in [5, 5.41) is 2.72. The van der Waals surface area contributed by atoms with E-state index in [0.717, 1.165) is 18.1 Å². The third-order valence-corrected chi connectivity index (χ3v) is 5.76. The molecule has 1 aromatic heterocycles. The minimum Gasteiger partial charge on any atom is -0.454 e. The van der Waals surface area contributed by atoms with Gasteiger partial charge in [0.1, 0.15) is 17.6 Å². The lowest BCUT2D eigenvalue weighted by atomic mass is 10.0. The molecule has 4 rings (SSSR count). The van der Waals surface area contributed by atoms with Gasteiger partial charge in [0.2, 0.25) is 5.82 Å². The Balaban J connectivity index is 1.77. The van der Waals surface area contributed by atoms with E-state index < -0.39 is 30.8 Å². The predicted octanol–water partition coefficient (Wildman–Crippen LogP) is 7.75. The largest absolute Gasteiger partial charge is 0.454 e. The van der Waals surface area contributed by atoms with Crippen molar-refractivity contribution in [3.05, 3.63) is 77.6 Å². The number of nitrogens with one attached hydrogen (secondary N) is 1. The summed E-state index contributed by atoms with van der Waals surface area (Å²) in [5.74, 6) is -2.56. The van der Waals surface area contributed by atoms with E-state index in [1.807, 2.05) is 13.8 Å². The van der Waals surface area contributed by atoms with Gasteiger partial charge in [-0.1, -0.05) is 13.0 Å². The lowest BCUT2D eigenvalue weighted by Gasteiger charge is -2.14. The van der Waals surface area contributed by atoms with Gasteiger partial charge in [0.15, 0.2) is 17.3 Å². The Bertz CT molecular complexity index is 1450. The zero-order valence-electron chi connectivity index (χ0n) is 20.1. The van der Waals surface area contributed by atoms with Crippen molar-refractivity contribution in [1.82, 2.24) is 9.55 Å². The number of hydrogen-bond acceptors (Lipinski definition) is 4. The van der Waals surface area contributed by atoms with Gasteiger partial charge in [0.25, 0.3) is 0 Å². The molecule has 0 bridgehead atoms. The maximum atomic E-state index is 14.2. The van der Waals surface area contributed by atoms with E-state index in [-0.39, 0.29) is 23.0 Å². The number of ketones is 1. The molecular formula is C27H24F5N3O2. The second kappa shape index (κ2) is 10.6. The number of aromatic nitrogens is 2. The summed E-state index contributed by atoms with van der Waals surface area (Å²) in [7, 11) is 0. The first-order chi connectivity index (χ1) is 17.6. The minimum atomic E-state index is -4.36. The third-order valence-electron chi connectivity index (χ3n) is 5.76. The number of rotatable bonds is 9. The Morgan fingerprint density at radius 3 is 2.59 bits per heavy atom. The summed E-state index contributed by atoms with van der Waals surface area (Å²) in [4.78, 5) is 16.7. The van der Waals surface area contributed by atoms with E-state index in [4.69, 9.17) is 4.74 Å². The Kier molecular flexibility index (Phi) is 7.47. The van der Waals surface area contributed by atoms with Crippen LogP contribution in [-0.2, 0) is 0 Å². The molecule has 0 unspecified atom stereocenters. The molecule has 1 N–H and O–H groups in total. The molecule has 0 fully saturated rings. The van der Waals surface area contributed by atoms with Crippen LogP contribution in [0.5, 0.6) is 11.5 Å². The first-order valence-corrected chi connectivity index (χ1v) is 11.6. The van der Waals surface area contributed by atoms with Gasteiger partial charge in [0, 0.05) is 36.3 Å². The van der Waals surface area contributed by atoms with Crippen molar-refractivity contribution in [3.63, 3.8) is 0 Å². The minimum absolute atomic E-state index is 0.0333. The number of fused-ring (bicyclic) bond motifs is 1. The first-order valence-electron chi connectivity index (χ1n) is 11.6. The van der Waals surface area contributed by atoms with Crippen LogP contribution >= 0.6 is 0 Å². The molecule has 5 nitrogen and oxygen atoms in total. The zero-order chi connectivity index (χ0) is 26.7. The van der Waals surface area contributed by atoms with Crippen molar-refractivity contribution in [2.45, 2.75) is 39.3 Å². The van der Waals surface area contributed by atoms with Crippen LogP contribution in [0.4, 0.5) is 27.6 Å².